The Morgan fingerprint density at radius 2 is 2.20 bits per heavy atom. The van der Waals surface area contributed by atoms with Crippen LogP contribution >= 0.6 is 0 Å². The molecule has 0 spiro atoms. The van der Waals surface area contributed by atoms with Gasteiger partial charge in [-0.05, 0) is 17.3 Å². The quantitative estimate of drug-likeness (QED) is 0.577. The molecule has 0 fully saturated rings. The SMILES string of the molecule is CC(=O)Oc1ccccc1-c1nn[nH]n1. The van der Waals surface area contributed by atoms with E-state index in [1.165, 1.54) is 6.92 Å². The molecule has 0 aliphatic rings. The summed E-state index contributed by atoms with van der Waals surface area (Å²) in [7, 11) is 0. The molecule has 15 heavy (non-hydrogen) atoms. The molecule has 6 nitrogen and oxygen atoms in total. The molecule has 0 unspecified atom stereocenters. The molecule has 0 bridgehead atoms. The molecular weight excluding hydrogens is 196 g/mol. The summed E-state index contributed by atoms with van der Waals surface area (Å²) in [4.78, 5) is 10.8. The van der Waals surface area contributed by atoms with Gasteiger partial charge in [0.2, 0.25) is 5.82 Å². The van der Waals surface area contributed by atoms with Crippen molar-refractivity contribution in [3.8, 4) is 17.1 Å². The third-order valence-electron chi connectivity index (χ3n) is 1.73. The highest BCUT2D eigenvalue weighted by Crippen LogP contribution is 2.26. The highest BCUT2D eigenvalue weighted by Gasteiger charge is 2.10. The lowest BCUT2D eigenvalue weighted by Crippen LogP contribution is -2.02. The zero-order valence-electron chi connectivity index (χ0n) is 7.97. The summed E-state index contributed by atoms with van der Waals surface area (Å²) in [6, 6.07) is 7.00. The summed E-state index contributed by atoms with van der Waals surface area (Å²) < 4.78 is 5.01. The highest BCUT2D eigenvalue weighted by molar-refractivity contribution is 5.73. The maximum atomic E-state index is 10.8. The molecule has 1 N–H and O–H groups in total. The first kappa shape index (κ1) is 9.32. The number of esters is 1. The number of hydrogen-bond acceptors (Lipinski definition) is 5. The van der Waals surface area contributed by atoms with E-state index in [1.807, 2.05) is 0 Å². The average molecular weight is 204 g/mol. The fraction of sp³-hybridized carbons (Fsp3) is 0.111. The minimum atomic E-state index is -0.383. The van der Waals surface area contributed by atoms with E-state index in [9.17, 15) is 4.79 Å². The number of H-pyrrole nitrogens is 1. The summed E-state index contributed by atoms with van der Waals surface area (Å²) in [5, 5.41) is 13.4. The zero-order chi connectivity index (χ0) is 10.7. The van der Waals surface area contributed by atoms with Gasteiger partial charge in [-0.1, -0.05) is 12.1 Å². The van der Waals surface area contributed by atoms with Crippen molar-refractivity contribution < 1.29 is 9.53 Å². The molecule has 0 amide bonds. The van der Waals surface area contributed by atoms with Crippen LogP contribution in [0, 0.1) is 0 Å². The van der Waals surface area contributed by atoms with Crippen molar-refractivity contribution >= 4 is 5.97 Å². The molecule has 2 aromatic rings. The van der Waals surface area contributed by atoms with E-state index in [2.05, 4.69) is 20.6 Å². The van der Waals surface area contributed by atoms with Gasteiger partial charge in [-0.25, -0.2) is 0 Å². The summed E-state index contributed by atoms with van der Waals surface area (Å²) in [5.74, 6) is 0.434. The van der Waals surface area contributed by atoms with Crippen LogP contribution in [0.15, 0.2) is 24.3 Å². The Morgan fingerprint density at radius 1 is 1.40 bits per heavy atom. The molecule has 0 aliphatic carbocycles. The van der Waals surface area contributed by atoms with Crippen molar-refractivity contribution in [3.63, 3.8) is 0 Å². The number of rotatable bonds is 2. The van der Waals surface area contributed by atoms with Gasteiger partial charge in [-0.2, -0.15) is 5.21 Å². The number of hydrogen-bond donors (Lipinski definition) is 1. The van der Waals surface area contributed by atoms with E-state index in [0.717, 1.165) is 0 Å². The predicted octanol–water partition coefficient (Wildman–Crippen LogP) is 0.792. The highest BCUT2D eigenvalue weighted by atomic mass is 16.5. The van der Waals surface area contributed by atoms with Gasteiger partial charge in [0, 0.05) is 6.92 Å². The lowest BCUT2D eigenvalue weighted by molar-refractivity contribution is -0.131. The Labute approximate surface area is 85.3 Å². The summed E-state index contributed by atoms with van der Waals surface area (Å²) in [5.41, 5.74) is 0.626. The second-order valence-electron chi connectivity index (χ2n) is 2.83. The van der Waals surface area contributed by atoms with Crippen molar-refractivity contribution in [2.45, 2.75) is 6.92 Å². The van der Waals surface area contributed by atoms with Crippen LogP contribution in [0.5, 0.6) is 5.75 Å². The number of ether oxygens (including phenoxy) is 1. The number of tetrazole rings is 1. The monoisotopic (exact) mass is 204 g/mol. The normalized spacial score (nSPS) is 9.93. The van der Waals surface area contributed by atoms with Crippen molar-refractivity contribution in [1.29, 1.82) is 0 Å². The molecular formula is C9H8N4O2. The Balaban J connectivity index is 2.42. The largest absolute Gasteiger partial charge is 0.426 e. The predicted molar refractivity (Wildman–Crippen MR) is 50.9 cm³/mol. The van der Waals surface area contributed by atoms with Crippen molar-refractivity contribution in [2.24, 2.45) is 0 Å². The number of nitrogens with one attached hydrogen (secondary N) is 1. The molecule has 0 atom stereocenters. The minimum Gasteiger partial charge on any atom is -0.426 e. The van der Waals surface area contributed by atoms with E-state index < -0.39 is 0 Å². The molecule has 0 saturated heterocycles. The van der Waals surface area contributed by atoms with Gasteiger partial charge < -0.3 is 4.74 Å². The standard InChI is InChI=1S/C9H8N4O2/c1-6(14)15-8-5-3-2-4-7(8)9-10-12-13-11-9/h2-5H,1H3,(H,10,11,12,13). The number of benzene rings is 1. The fourth-order valence-electron chi connectivity index (χ4n) is 1.17. The van der Waals surface area contributed by atoms with E-state index in [0.29, 0.717) is 17.1 Å². The van der Waals surface area contributed by atoms with Gasteiger partial charge in [0.15, 0.2) is 0 Å². The Bertz CT molecular complexity index is 467. The summed E-state index contributed by atoms with van der Waals surface area (Å²) in [6.07, 6.45) is 0. The van der Waals surface area contributed by atoms with Crippen LogP contribution in [0.3, 0.4) is 0 Å². The van der Waals surface area contributed by atoms with Crippen LogP contribution in [0.2, 0.25) is 0 Å². The average Bonchev–Trinajstić information content (AvgIpc) is 2.70. The number of carbonyl (C=O) groups excluding carboxylic acids is 1. The molecule has 76 valence electrons. The van der Waals surface area contributed by atoms with Crippen LogP contribution in [-0.2, 0) is 4.79 Å². The molecule has 1 aromatic carbocycles. The van der Waals surface area contributed by atoms with Crippen molar-refractivity contribution in [1.82, 2.24) is 20.6 Å². The number of aromatic nitrogens is 4. The molecule has 1 aromatic heterocycles. The second-order valence-corrected chi connectivity index (χ2v) is 2.83. The van der Waals surface area contributed by atoms with Gasteiger partial charge in [0.25, 0.3) is 0 Å². The first-order valence-electron chi connectivity index (χ1n) is 4.28. The maximum absolute atomic E-state index is 10.8. The Morgan fingerprint density at radius 3 is 2.87 bits per heavy atom. The van der Waals surface area contributed by atoms with Gasteiger partial charge >= 0.3 is 5.97 Å². The number of para-hydroxylation sites is 1. The van der Waals surface area contributed by atoms with E-state index in [4.69, 9.17) is 4.74 Å². The van der Waals surface area contributed by atoms with Gasteiger partial charge in [-0.3, -0.25) is 4.79 Å². The van der Waals surface area contributed by atoms with Crippen LogP contribution in [-0.4, -0.2) is 26.6 Å². The lowest BCUT2D eigenvalue weighted by Gasteiger charge is -2.04. The maximum Gasteiger partial charge on any atom is 0.308 e. The summed E-state index contributed by atoms with van der Waals surface area (Å²) >= 11 is 0. The topological polar surface area (TPSA) is 80.8 Å². The molecule has 1 heterocycles. The van der Waals surface area contributed by atoms with Crippen LogP contribution < -0.4 is 4.74 Å². The van der Waals surface area contributed by atoms with Crippen molar-refractivity contribution in [2.75, 3.05) is 0 Å². The van der Waals surface area contributed by atoms with E-state index >= 15 is 0 Å². The molecule has 6 heteroatoms. The van der Waals surface area contributed by atoms with Crippen LogP contribution in [0.4, 0.5) is 0 Å². The zero-order valence-corrected chi connectivity index (χ0v) is 7.97. The molecule has 0 radical (unpaired) electrons. The van der Waals surface area contributed by atoms with E-state index in [1.54, 1.807) is 24.3 Å². The molecule has 0 aliphatic heterocycles. The summed E-state index contributed by atoms with van der Waals surface area (Å²) in [6.45, 7) is 1.34. The van der Waals surface area contributed by atoms with Gasteiger partial charge in [0.1, 0.15) is 5.75 Å². The van der Waals surface area contributed by atoms with E-state index in [-0.39, 0.29) is 5.97 Å². The second kappa shape index (κ2) is 3.87. The lowest BCUT2D eigenvalue weighted by atomic mass is 10.2. The Hall–Kier alpha value is -2.24. The first-order valence-corrected chi connectivity index (χ1v) is 4.28. The Kier molecular flexibility index (Phi) is 2.40. The molecule has 2 rings (SSSR count). The molecule has 0 saturated carbocycles. The third-order valence-corrected chi connectivity index (χ3v) is 1.73. The third kappa shape index (κ3) is 1.98. The van der Waals surface area contributed by atoms with Gasteiger partial charge in [-0.15, -0.1) is 10.2 Å². The number of carbonyl (C=O) groups is 1. The van der Waals surface area contributed by atoms with Gasteiger partial charge in [0.05, 0.1) is 5.56 Å². The van der Waals surface area contributed by atoms with Crippen molar-refractivity contribution in [3.05, 3.63) is 24.3 Å². The smallest absolute Gasteiger partial charge is 0.308 e. The fourth-order valence-corrected chi connectivity index (χ4v) is 1.17. The first-order chi connectivity index (χ1) is 7.27. The number of nitrogens with zero attached hydrogens (tertiary/aromatic N) is 3. The minimum absolute atomic E-state index is 0.383. The van der Waals surface area contributed by atoms with Crippen LogP contribution in [0.1, 0.15) is 6.92 Å². The van der Waals surface area contributed by atoms with Crippen LogP contribution in [0.25, 0.3) is 11.4 Å². The number of aromatic amines is 1.